The molecule has 6 heteroatoms. The number of nitrogens with one attached hydrogen (secondary N) is 1. The maximum atomic E-state index is 13.4. The van der Waals surface area contributed by atoms with E-state index in [0.717, 1.165) is 17.4 Å². The molecule has 0 fully saturated rings. The van der Waals surface area contributed by atoms with Gasteiger partial charge in [0.25, 0.3) is 5.91 Å². The van der Waals surface area contributed by atoms with Crippen LogP contribution in [0.5, 0.6) is 0 Å². The van der Waals surface area contributed by atoms with E-state index in [4.69, 9.17) is 4.74 Å². The summed E-state index contributed by atoms with van der Waals surface area (Å²) in [4.78, 5) is 25.8. The first-order valence-electron chi connectivity index (χ1n) is 8.98. The first kappa shape index (κ1) is 21.1. The van der Waals surface area contributed by atoms with Gasteiger partial charge in [-0.1, -0.05) is 33.8 Å². The number of carbonyl (C=O) groups excluding carboxylic acids is 2. The summed E-state index contributed by atoms with van der Waals surface area (Å²) in [5.41, 5.74) is 0.670. The van der Waals surface area contributed by atoms with Gasteiger partial charge in [0, 0.05) is 10.4 Å². The van der Waals surface area contributed by atoms with Gasteiger partial charge in [-0.2, -0.15) is 0 Å². The maximum Gasteiger partial charge on any atom is 0.341 e. The zero-order chi connectivity index (χ0) is 20.2. The highest BCUT2D eigenvalue weighted by atomic mass is 32.1. The molecule has 1 aromatic heterocycles. The molecule has 0 aliphatic heterocycles. The normalized spacial score (nSPS) is 12.5. The van der Waals surface area contributed by atoms with E-state index in [1.54, 1.807) is 13.0 Å². The number of benzene rings is 1. The lowest BCUT2D eigenvalue weighted by atomic mass is 9.85. The maximum absolute atomic E-state index is 13.4. The van der Waals surface area contributed by atoms with Gasteiger partial charge < -0.3 is 10.1 Å². The molecule has 1 atom stereocenters. The Morgan fingerprint density at radius 3 is 2.56 bits per heavy atom. The number of carbonyl (C=O) groups is 2. The molecule has 0 saturated carbocycles. The molecule has 0 aliphatic rings. The van der Waals surface area contributed by atoms with Crippen molar-refractivity contribution in [3.63, 3.8) is 0 Å². The van der Waals surface area contributed by atoms with E-state index in [1.807, 2.05) is 0 Å². The molecule has 1 amide bonds. The van der Waals surface area contributed by atoms with Crippen molar-refractivity contribution in [2.24, 2.45) is 5.41 Å². The van der Waals surface area contributed by atoms with Crippen LogP contribution in [-0.2, 0) is 4.74 Å². The van der Waals surface area contributed by atoms with Gasteiger partial charge in [-0.15, -0.1) is 11.3 Å². The Morgan fingerprint density at radius 2 is 1.96 bits per heavy atom. The van der Waals surface area contributed by atoms with Gasteiger partial charge in [0.05, 0.1) is 12.2 Å². The van der Waals surface area contributed by atoms with Crippen LogP contribution in [0.1, 0.15) is 72.6 Å². The molecular formula is C21H26FNO3S. The molecule has 1 N–H and O–H groups in total. The molecule has 1 heterocycles. The van der Waals surface area contributed by atoms with Gasteiger partial charge >= 0.3 is 5.97 Å². The van der Waals surface area contributed by atoms with E-state index in [1.165, 1.54) is 29.5 Å². The molecule has 4 nitrogen and oxygen atoms in total. The van der Waals surface area contributed by atoms with E-state index in [-0.39, 0.29) is 23.5 Å². The topological polar surface area (TPSA) is 55.4 Å². The van der Waals surface area contributed by atoms with E-state index in [0.29, 0.717) is 10.6 Å². The Hall–Kier alpha value is -2.21. The van der Waals surface area contributed by atoms with E-state index >= 15 is 0 Å². The molecule has 0 saturated heterocycles. The third-order valence-electron chi connectivity index (χ3n) is 3.96. The summed E-state index contributed by atoms with van der Waals surface area (Å²) < 4.78 is 18.5. The summed E-state index contributed by atoms with van der Waals surface area (Å²) in [6.07, 6.45) is 0.938. The number of halogens is 1. The Labute approximate surface area is 163 Å². The Morgan fingerprint density at radius 1 is 1.26 bits per heavy atom. The summed E-state index contributed by atoms with van der Waals surface area (Å²) in [7, 11) is 0. The number of amides is 1. The van der Waals surface area contributed by atoms with Gasteiger partial charge in [-0.3, -0.25) is 4.79 Å². The average Bonchev–Trinajstić information content (AvgIpc) is 2.97. The van der Waals surface area contributed by atoms with Crippen molar-refractivity contribution in [2.45, 2.75) is 47.0 Å². The lowest BCUT2D eigenvalue weighted by molar-refractivity contribution is 0.0528. The third-order valence-corrected chi connectivity index (χ3v) is 5.25. The molecule has 0 unspecified atom stereocenters. The van der Waals surface area contributed by atoms with Crippen molar-refractivity contribution in [1.29, 1.82) is 0 Å². The quantitative estimate of drug-likeness (QED) is 0.628. The zero-order valence-corrected chi connectivity index (χ0v) is 17.2. The number of hydrogen-bond acceptors (Lipinski definition) is 4. The van der Waals surface area contributed by atoms with Crippen LogP contribution < -0.4 is 5.32 Å². The van der Waals surface area contributed by atoms with E-state index < -0.39 is 17.7 Å². The molecule has 0 spiro atoms. The molecule has 0 radical (unpaired) electrons. The molecular weight excluding hydrogens is 365 g/mol. The number of ether oxygens (including phenoxy) is 1. The summed E-state index contributed by atoms with van der Waals surface area (Å²) in [5, 5.41) is 3.17. The number of anilines is 1. The molecule has 27 heavy (non-hydrogen) atoms. The molecule has 146 valence electrons. The minimum Gasteiger partial charge on any atom is -0.462 e. The van der Waals surface area contributed by atoms with Crippen LogP contribution in [0, 0.1) is 11.2 Å². The van der Waals surface area contributed by atoms with Gasteiger partial charge in [-0.25, -0.2) is 9.18 Å². The standard InChI is InChI=1S/C21H26FNO3S/c1-6-26-20(25)16-11-17(13(2)12-21(3,4)5)27-19(16)23-18(24)14-8-7-9-15(22)10-14/h7-11,13H,6,12H2,1-5H3,(H,23,24)/t13-/m0/s1. The van der Waals surface area contributed by atoms with Crippen molar-refractivity contribution in [3.8, 4) is 0 Å². The summed E-state index contributed by atoms with van der Waals surface area (Å²) >= 11 is 1.36. The number of rotatable bonds is 6. The first-order valence-corrected chi connectivity index (χ1v) is 9.80. The third kappa shape index (κ3) is 5.89. The van der Waals surface area contributed by atoms with Gasteiger partial charge in [0.2, 0.25) is 0 Å². The predicted octanol–water partition coefficient (Wildman–Crippen LogP) is 5.86. The van der Waals surface area contributed by atoms with Crippen LogP contribution in [-0.4, -0.2) is 18.5 Å². The van der Waals surface area contributed by atoms with Crippen LogP contribution in [0.15, 0.2) is 30.3 Å². The lowest BCUT2D eigenvalue weighted by Gasteiger charge is -2.22. The number of esters is 1. The lowest BCUT2D eigenvalue weighted by Crippen LogP contribution is -2.14. The fourth-order valence-corrected chi connectivity index (χ4v) is 4.02. The van der Waals surface area contributed by atoms with Crippen molar-refractivity contribution in [1.82, 2.24) is 0 Å². The second kappa shape index (κ2) is 8.65. The van der Waals surface area contributed by atoms with E-state index in [9.17, 15) is 14.0 Å². The predicted molar refractivity (Wildman–Crippen MR) is 107 cm³/mol. The minimum absolute atomic E-state index is 0.137. The van der Waals surface area contributed by atoms with Crippen molar-refractivity contribution < 1.29 is 18.7 Å². The second-order valence-electron chi connectivity index (χ2n) is 7.74. The highest BCUT2D eigenvalue weighted by Crippen LogP contribution is 2.38. The molecule has 2 aromatic rings. The van der Waals surface area contributed by atoms with Crippen LogP contribution in [0.25, 0.3) is 0 Å². The molecule has 2 rings (SSSR count). The summed E-state index contributed by atoms with van der Waals surface area (Å²) in [6, 6.07) is 7.23. The fourth-order valence-electron chi connectivity index (χ4n) is 2.93. The van der Waals surface area contributed by atoms with Crippen LogP contribution in [0.3, 0.4) is 0 Å². The highest BCUT2D eigenvalue weighted by molar-refractivity contribution is 7.16. The average molecular weight is 392 g/mol. The van der Waals surface area contributed by atoms with Crippen LogP contribution >= 0.6 is 11.3 Å². The SMILES string of the molecule is CCOC(=O)c1cc([C@@H](C)CC(C)(C)C)sc1NC(=O)c1cccc(F)c1. The smallest absolute Gasteiger partial charge is 0.341 e. The molecule has 0 aliphatic carbocycles. The van der Waals surface area contributed by atoms with Gasteiger partial charge in [-0.05, 0) is 48.9 Å². The van der Waals surface area contributed by atoms with Gasteiger partial charge in [0.1, 0.15) is 10.8 Å². The summed E-state index contributed by atoms with van der Waals surface area (Å²) in [6.45, 7) is 10.6. The highest BCUT2D eigenvalue weighted by Gasteiger charge is 2.24. The van der Waals surface area contributed by atoms with Crippen molar-refractivity contribution in [3.05, 3.63) is 52.2 Å². The Bertz CT molecular complexity index is 823. The molecule has 0 bridgehead atoms. The zero-order valence-electron chi connectivity index (χ0n) is 16.4. The monoisotopic (exact) mass is 391 g/mol. The van der Waals surface area contributed by atoms with Crippen molar-refractivity contribution in [2.75, 3.05) is 11.9 Å². The second-order valence-corrected chi connectivity index (χ2v) is 8.83. The van der Waals surface area contributed by atoms with Crippen molar-refractivity contribution >= 4 is 28.2 Å². The number of hydrogen-bond donors (Lipinski definition) is 1. The minimum atomic E-state index is -0.487. The fraction of sp³-hybridized carbons (Fsp3) is 0.429. The largest absolute Gasteiger partial charge is 0.462 e. The number of thiophene rings is 1. The van der Waals surface area contributed by atoms with Gasteiger partial charge in [0.15, 0.2) is 0 Å². The Kier molecular flexibility index (Phi) is 6.76. The van der Waals surface area contributed by atoms with Crippen LogP contribution in [0.4, 0.5) is 9.39 Å². The van der Waals surface area contributed by atoms with Crippen LogP contribution in [0.2, 0.25) is 0 Å². The van der Waals surface area contributed by atoms with E-state index in [2.05, 4.69) is 33.0 Å². The Balaban J connectivity index is 2.32. The first-order chi connectivity index (χ1) is 12.6. The summed E-state index contributed by atoms with van der Waals surface area (Å²) in [5.74, 6) is -1.20. The molecule has 1 aromatic carbocycles.